The number of nitrogens with zero attached hydrogens (tertiary/aromatic N) is 1. The lowest BCUT2D eigenvalue weighted by Crippen LogP contribution is -2.10. The monoisotopic (exact) mass is 157 g/mol. The Kier molecular flexibility index (Phi) is 3.11. The van der Waals surface area contributed by atoms with Gasteiger partial charge in [0.25, 0.3) is 0 Å². The molecule has 0 spiro atoms. The molecule has 0 radical (unpaired) electrons. The SMILES string of the molecule is O=[N+]([O-])CCCC(F)(F)F. The van der Waals surface area contributed by atoms with E-state index in [2.05, 4.69) is 0 Å². The topological polar surface area (TPSA) is 43.1 Å². The molecule has 0 fully saturated rings. The third-order valence-electron chi connectivity index (χ3n) is 0.801. The Hall–Kier alpha value is -0.810. The fourth-order valence-corrected chi connectivity index (χ4v) is 0.409. The van der Waals surface area contributed by atoms with Gasteiger partial charge in [-0.25, -0.2) is 0 Å². The molecule has 60 valence electrons. The van der Waals surface area contributed by atoms with Crippen molar-refractivity contribution in [3.05, 3.63) is 10.1 Å². The number of halogens is 3. The highest BCUT2D eigenvalue weighted by Gasteiger charge is 2.26. The molecule has 0 saturated heterocycles. The van der Waals surface area contributed by atoms with Crippen LogP contribution < -0.4 is 0 Å². The molecule has 0 aliphatic carbocycles. The first-order valence-electron chi connectivity index (χ1n) is 2.60. The Balaban J connectivity index is 3.29. The fraction of sp³-hybridized carbons (Fsp3) is 1.00. The Bertz CT molecular complexity index is 122. The van der Waals surface area contributed by atoms with Crippen LogP contribution in [0.15, 0.2) is 0 Å². The first kappa shape index (κ1) is 9.19. The summed E-state index contributed by atoms with van der Waals surface area (Å²) >= 11 is 0. The van der Waals surface area contributed by atoms with Crippen LogP contribution >= 0.6 is 0 Å². The second-order valence-electron chi connectivity index (χ2n) is 1.78. The number of alkyl halides is 3. The minimum Gasteiger partial charge on any atom is -0.265 e. The third-order valence-corrected chi connectivity index (χ3v) is 0.801. The van der Waals surface area contributed by atoms with Crippen LogP contribution in [0, 0.1) is 10.1 Å². The van der Waals surface area contributed by atoms with E-state index in [0.717, 1.165) is 0 Å². The summed E-state index contributed by atoms with van der Waals surface area (Å²) in [5, 5.41) is 9.52. The maximum atomic E-state index is 11.3. The standard InChI is InChI=1S/C4H6F3NO2/c5-4(6,7)2-1-3-8(9)10/h1-3H2. The van der Waals surface area contributed by atoms with Crippen LogP contribution in [-0.2, 0) is 0 Å². The van der Waals surface area contributed by atoms with Crippen molar-refractivity contribution in [2.75, 3.05) is 6.54 Å². The smallest absolute Gasteiger partial charge is 0.265 e. The molecule has 0 aromatic carbocycles. The zero-order valence-electron chi connectivity index (χ0n) is 5.02. The van der Waals surface area contributed by atoms with Gasteiger partial charge in [0.1, 0.15) is 0 Å². The lowest BCUT2D eigenvalue weighted by atomic mass is 10.3. The van der Waals surface area contributed by atoms with Gasteiger partial charge in [-0.2, -0.15) is 13.2 Å². The number of hydrogen-bond acceptors (Lipinski definition) is 2. The predicted molar refractivity (Wildman–Crippen MR) is 27.2 cm³/mol. The molecular weight excluding hydrogens is 151 g/mol. The maximum Gasteiger partial charge on any atom is 0.389 e. The molecule has 0 amide bonds. The number of hydrogen-bond donors (Lipinski definition) is 0. The van der Waals surface area contributed by atoms with E-state index < -0.39 is 30.5 Å². The molecule has 6 heteroatoms. The second-order valence-corrected chi connectivity index (χ2v) is 1.78. The van der Waals surface area contributed by atoms with Crippen molar-refractivity contribution in [2.24, 2.45) is 0 Å². The Labute approximate surface area is 55.0 Å². The Morgan fingerprint density at radius 2 is 1.90 bits per heavy atom. The molecule has 0 rings (SSSR count). The number of nitro groups is 1. The summed E-state index contributed by atoms with van der Waals surface area (Å²) in [6.07, 6.45) is -5.78. The molecule has 0 bridgehead atoms. The van der Waals surface area contributed by atoms with Gasteiger partial charge in [-0.05, 0) is 0 Å². The highest BCUT2D eigenvalue weighted by Crippen LogP contribution is 2.20. The highest BCUT2D eigenvalue weighted by atomic mass is 19.4. The lowest BCUT2D eigenvalue weighted by molar-refractivity contribution is -0.481. The molecule has 0 aromatic rings. The minimum absolute atomic E-state index is 0.434. The lowest BCUT2D eigenvalue weighted by Gasteiger charge is -2.01. The van der Waals surface area contributed by atoms with Gasteiger partial charge in [0.2, 0.25) is 6.54 Å². The first-order valence-corrected chi connectivity index (χ1v) is 2.60. The summed E-state index contributed by atoms with van der Waals surface area (Å²) in [5.74, 6) is 0. The minimum atomic E-state index is -4.27. The van der Waals surface area contributed by atoms with Crippen molar-refractivity contribution in [1.29, 1.82) is 0 Å². The van der Waals surface area contributed by atoms with Gasteiger partial charge in [0.15, 0.2) is 0 Å². The summed E-state index contributed by atoms with van der Waals surface area (Å²) in [6.45, 7) is -0.612. The van der Waals surface area contributed by atoms with Crippen LogP contribution in [0.3, 0.4) is 0 Å². The molecular formula is C4H6F3NO2. The zero-order valence-corrected chi connectivity index (χ0v) is 5.02. The molecule has 3 nitrogen and oxygen atoms in total. The van der Waals surface area contributed by atoms with Crippen LogP contribution in [0.4, 0.5) is 13.2 Å². The van der Waals surface area contributed by atoms with E-state index in [-0.39, 0.29) is 0 Å². The summed E-state index contributed by atoms with van der Waals surface area (Å²) < 4.78 is 33.9. The normalized spacial score (nSPS) is 11.5. The summed E-state index contributed by atoms with van der Waals surface area (Å²) in [6, 6.07) is 0. The van der Waals surface area contributed by atoms with E-state index in [1.165, 1.54) is 0 Å². The Morgan fingerprint density at radius 1 is 1.40 bits per heavy atom. The van der Waals surface area contributed by atoms with Crippen molar-refractivity contribution < 1.29 is 18.1 Å². The Morgan fingerprint density at radius 3 is 2.20 bits per heavy atom. The molecule has 0 unspecified atom stereocenters. The van der Waals surface area contributed by atoms with E-state index in [0.29, 0.717) is 0 Å². The molecule has 0 heterocycles. The first-order chi connectivity index (χ1) is 4.42. The van der Waals surface area contributed by atoms with Gasteiger partial charge < -0.3 is 0 Å². The van der Waals surface area contributed by atoms with E-state index in [1.807, 2.05) is 0 Å². The fourth-order valence-electron chi connectivity index (χ4n) is 0.409. The molecule has 0 aliphatic rings. The summed E-state index contributed by atoms with van der Waals surface area (Å²) in [5.41, 5.74) is 0. The molecule has 0 aromatic heterocycles. The second kappa shape index (κ2) is 3.38. The third kappa shape index (κ3) is 7.19. The van der Waals surface area contributed by atoms with Crippen LogP contribution in [0.1, 0.15) is 12.8 Å². The van der Waals surface area contributed by atoms with Gasteiger partial charge >= 0.3 is 6.18 Å². The highest BCUT2D eigenvalue weighted by molar-refractivity contribution is 4.48. The van der Waals surface area contributed by atoms with E-state index in [1.54, 1.807) is 0 Å². The summed E-state index contributed by atoms with van der Waals surface area (Å²) in [7, 11) is 0. The average molecular weight is 157 g/mol. The average Bonchev–Trinajstić information content (AvgIpc) is 1.59. The molecule has 10 heavy (non-hydrogen) atoms. The van der Waals surface area contributed by atoms with Crippen LogP contribution in [0.5, 0.6) is 0 Å². The van der Waals surface area contributed by atoms with E-state index in [9.17, 15) is 23.3 Å². The van der Waals surface area contributed by atoms with Gasteiger partial charge in [0, 0.05) is 17.8 Å². The van der Waals surface area contributed by atoms with E-state index >= 15 is 0 Å². The van der Waals surface area contributed by atoms with E-state index in [4.69, 9.17) is 0 Å². The molecule has 0 atom stereocenters. The number of rotatable bonds is 3. The van der Waals surface area contributed by atoms with Gasteiger partial charge in [-0.3, -0.25) is 10.1 Å². The zero-order chi connectivity index (χ0) is 8.20. The molecule has 0 aliphatic heterocycles. The van der Waals surface area contributed by atoms with Crippen molar-refractivity contribution in [2.45, 2.75) is 19.0 Å². The van der Waals surface area contributed by atoms with Crippen molar-refractivity contribution in [3.8, 4) is 0 Å². The van der Waals surface area contributed by atoms with Gasteiger partial charge in [-0.15, -0.1) is 0 Å². The van der Waals surface area contributed by atoms with Gasteiger partial charge in [0.05, 0.1) is 0 Å². The quantitative estimate of drug-likeness (QED) is 0.461. The van der Waals surface area contributed by atoms with Gasteiger partial charge in [-0.1, -0.05) is 0 Å². The van der Waals surface area contributed by atoms with Crippen LogP contribution in [-0.4, -0.2) is 17.6 Å². The van der Waals surface area contributed by atoms with Crippen molar-refractivity contribution >= 4 is 0 Å². The maximum absolute atomic E-state index is 11.3. The summed E-state index contributed by atoms with van der Waals surface area (Å²) in [4.78, 5) is 8.77. The van der Waals surface area contributed by atoms with Crippen LogP contribution in [0.2, 0.25) is 0 Å². The molecule has 0 saturated carbocycles. The van der Waals surface area contributed by atoms with Crippen molar-refractivity contribution in [3.63, 3.8) is 0 Å². The van der Waals surface area contributed by atoms with Crippen LogP contribution in [0.25, 0.3) is 0 Å². The molecule has 0 N–H and O–H groups in total. The predicted octanol–water partition coefficient (Wildman–Crippen LogP) is 1.61. The largest absolute Gasteiger partial charge is 0.389 e. The van der Waals surface area contributed by atoms with Crippen molar-refractivity contribution in [1.82, 2.24) is 0 Å².